The average Bonchev–Trinajstić information content (AvgIpc) is 3.12. The normalized spacial score (nSPS) is 11.7. The highest BCUT2D eigenvalue weighted by Gasteiger charge is 2.22. The molecule has 0 aliphatic carbocycles. The number of halogens is 2. The predicted octanol–water partition coefficient (Wildman–Crippen LogP) is 13.6. The molecule has 0 heterocycles. The monoisotopic (exact) mass is 808 g/mol. The second-order valence-electron chi connectivity index (χ2n) is 11.9. The van der Waals surface area contributed by atoms with E-state index >= 15 is 0 Å². The van der Waals surface area contributed by atoms with Crippen LogP contribution in [0.5, 0.6) is 0 Å². The molecule has 46 heavy (non-hydrogen) atoms. The standard InChI is InChI=1S/C44H26I2/c45-39-24-23-36-43-34(39)22-21-32(38-25-30(27-11-4-1-5-12-27)19-20-31(38)28-13-6-2-7-14-28)41(43)35-18-10-17-33-40(46)26-37(44(36)42(33)35)29-15-8-3-9-16-29/h1-26H. The van der Waals surface area contributed by atoms with Gasteiger partial charge in [-0.15, -0.1) is 0 Å². The van der Waals surface area contributed by atoms with E-state index in [-0.39, 0.29) is 0 Å². The third-order valence-corrected chi connectivity index (χ3v) is 11.2. The van der Waals surface area contributed by atoms with Gasteiger partial charge in [-0.3, -0.25) is 0 Å². The summed E-state index contributed by atoms with van der Waals surface area (Å²) in [5, 5.41) is 10.6. The number of hydrogen-bond donors (Lipinski definition) is 0. The fourth-order valence-corrected chi connectivity index (χ4v) is 8.73. The summed E-state index contributed by atoms with van der Waals surface area (Å²) in [4.78, 5) is 0. The molecule has 0 aliphatic rings. The van der Waals surface area contributed by atoms with E-state index in [0.717, 1.165) is 0 Å². The molecule has 0 bridgehead atoms. The van der Waals surface area contributed by atoms with Crippen LogP contribution in [0, 0.1) is 7.14 Å². The maximum Gasteiger partial charge on any atom is 0.0215 e. The smallest absolute Gasteiger partial charge is 0.0215 e. The Morgan fingerprint density at radius 1 is 0.261 bits per heavy atom. The second-order valence-corrected chi connectivity index (χ2v) is 14.2. The molecule has 0 atom stereocenters. The van der Waals surface area contributed by atoms with Crippen LogP contribution in [-0.4, -0.2) is 0 Å². The highest BCUT2D eigenvalue weighted by atomic mass is 127. The van der Waals surface area contributed by atoms with E-state index in [0.29, 0.717) is 0 Å². The van der Waals surface area contributed by atoms with E-state index in [1.54, 1.807) is 0 Å². The molecular weight excluding hydrogens is 782 g/mol. The third kappa shape index (κ3) is 4.38. The fraction of sp³-hybridized carbons (Fsp3) is 0. The molecule has 0 nitrogen and oxygen atoms in total. The lowest BCUT2D eigenvalue weighted by Gasteiger charge is -2.22. The lowest BCUT2D eigenvalue weighted by atomic mass is 9.82. The predicted molar refractivity (Wildman–Crippen MR) is 215 cm³/mol. The molecule has 9 aromatic rings. The Hall–Kier alpha value is -4.26. The van der Waals surface area contributed by atoms with E-state index < -0.39 is 0 Å². The van der Waals surface area contributed by atoms with Crippen LogP contribution in [0.25, 0.3) is 87.6 Å². The summed E-state index contributed by atoms with van der Waals surface area (Å²) in [5.41, 5.74) is 9.98. The first-order valence-electron chi connectivity index (χ1n) is 15.5. The van der Waals surface area contributed by atoms with Gasteiger partial charge in [0.1, 0.15) is 0 Å². The summed E-state index contributed by atoms with van der Waals surface area (Å²) in [5.74, 6) is 0. The SMILES string of the molecule is Ic1cc(-c2ccccc2)c2c3ccc(I)c4ccc(-c5cc(-c6ccccc6)ccc5-c5ccccc5)c(c5cccc1c52)c43. The van der Waals surface area contributed by atoms with Crippen molar-refractivity contribution >= 4 is 88.3 Å². The number of benzene rings is 9. The maximum absolute atomic E-state index is 2.54. The van der Waals surface area contributed by atoms with Gasteiger partial charge in [0.05, 0.1) is 0 Å². The molecule has 0 radical (unpaired) electrons. The maximum atomic E-state index is 2.54. The van der Waals surface area contributed by atoms with Crippen LogP contribution >= 0.6 is 45.2 Å². The largest absolute Gasteiger partial charge is 0.0622 e. The fourth-order valence-electron chi connectivity index (χ4n) is 7.34. The molecule has 0 N–H and O–H groups in total. The summed E-state index contributed by atoms with van der Waals surface area (Å²) in [7, 11) is 0. The molecule has 0 fully saturated rings. The Morgan fingerprint density at radius 3 is 1.48 bits per heavy atom. The lowest BCUT2D eigenvalue weighted by molar-refractivity contribution is 1.58. The summed E-state index contributed by atoms with van der Waals surface area (Å²) < 4.78 is 2.55. The quantitative estimate of drug-likeness (QED) is 0.0944. The van der Waals surface area contributed by atoms with Crippen LogP contribution in [0.15, 0.2) is 158 Å². The molecule has 0 spiro atoms. The number of fused-ring (bicyclic) bond motifs is 2. The summed E-state index contributed by atoms with van der Waals surface area (Å²) in [6.07, 6.45) is 0. The first-order chi connectivity index (χ1) is 22.7. The van der Waals surface area contributed by atoms with Gasteiger partial charge in [0.15, 0.2) is 0 Å². The van der Waals surface area contributed by atoms with Gasteiger partial charge in [0.2, 0.25) is 0 Å². The van der Waals surface area contributed by atoms with Crippen molar-refractivity contribution in [2.45, 2.75) is 0 Å². The van der Waals surface area contributed by atoms with Gasteiger partial charge in [-0.05, 0) is 151 Å². The van der Waals surface area contributed by atoms with Gasteiger partial charge in [-0.1, -0.05) is 140 Å². The zero-order valence-corrected chi connectivity index (χ0v) is 29.1. The van der Waals surface area contributed by atoms with Crippen LogP contribution in [0.4, 0.5) is 0 Å². The van der Waals surface area contributed by atoms with Gasteiger partial charge >= 0.3 is 0 Å². The minimum Gasteiger partial charge on any atom is -0.0622 e. The van der Waals surface area contributed by atoms with Crippen molar-refractivity contribution in [1.82, 2.24) is 0 Å². The van der Waals surface area contributed by atoms with E-state index in [1.807, 2.05) is 0 Å². The van der Waals surface area contributed by atoms with Gasteiger partial charge in [-0.25, -0.2) is 0 Å². The van der Waals surface area contributed by atoms with Gasteiger partial charge in [0.25, 0.3) is 0 Å². The van der Waals surface area contributed by atoms with Crippen molar-refractivity contribution in [3.63, 3.8) is 0 Å². The molecule has 9 rings (SSSR count). The highest BCUT2D eigenvalue weighted by molar-refractivity contribution is 14.1. The topological polar surface area (TPSA) is 0 Å². The van der Waals surface area contributed by atoms with E-state index in [1.165, 1.54) is 94.7 Å². The molecule has 0 aromatic heterocycles. The van der Waals surface area contributed by atoms with Crippen molar-refractivity contribution in [2.75, 3.05) is 0 Å². The molecule has 0 saturated heterocycles. The van der Waals surface area contributed by atoms with Crippen LogP contribution in [0.3, 0.4) is 0 Å². The van der Waals surface area contributed by atoms with Gasteiger partial charge < -0.3 is 0 Å². The molecule has 0 unspecified atom stereocenters. The molecule has 2 heteroatoms. The van der Waals surface area contributed by atoms with Crippen LogP contribution in [0.2, 0.25) is 0 Å². The van der Waals surface area contributed by atoms with Crippen molar-refractivity contribution in [3.8, 4) is 44.5 Å². The Kier molecular flexibility index (Phi) is 6.83. The van der Waals surface area contributed by atoms with Crippen LogP contribution in [-0.2, 0) is 0 Å². The van der Waals surface area contributed by atoms with Crippen LogP contribution in [0.1, 0.15) is 0 Å². The molecule has 0 aliphatic heterocycles. The van der Waals surface area contributed by atoms with E-state index in [9.17, 15) is 0 Å². The Balaban J connectivity index is 1.49. The Morgan fingerprint density at radius 2 is 0.783 bits per heavy atom. The average molecular weight is 808 g/mol. The Bertz CT molecular complexity index is 2570. The first-order valence-corrected chi connectivity index (χ1v) is 17.6. The summed E-state index contributed by atoms with van der Waals surface area (Å²) in [6.45, 7) is 0. The zero-order chi connectivity index (χ0) is 30.8. The van der Waals surface area contributed by atoms with Crippen molar-refractivity contribution < 1.29 is 0 Å². The molecule has 216 valence electrons. The molecular formula is C44H26I2. The first kappa shape index (κ1) is 28.0. The van der Waals surface area contributed by atoms with Crippen LogP contribution < -0.4 is 0 Å². The van der Waals surface area contributed by atoms with Crippen molar-refractivity contribution in [2.24, 2.45) is 0 Å². The molecule has 0 amide bonds. The van der Waals surface area contributed by atoms with E-state index in [4.69, 9.17) is 0 Å². The van der Waals surface area contributed by atoms with Gasteiger partial charge in [-0.2, -0.15) is 0 Å². The van der Waals surface area contributed by atoms with E-state index in [2.05, 4.69) is 203 Å². The highest BCUT2D eigenvalue weighted by Crippen LogP contribution is 2.50. The van der Waals surface area contributed by atoms with Crippen molar-refractivity contribution in [1.29, 1.82) is 0 Å². The summed E-state index contributed by atoms with van der Waals surface area (Å²) in [6, 6.07) is 58.1. The number of hydrogen-bond acceptors (Lipinski definition) is 0. The molecule has 0 saturated carbocycles. The Labute approximate surface area is 295 Å². The minimum atomic E-state index is 1.22. The third-order valence-electron chi connectivity index (χ3n) is 9.37. The lowest BCUT2D eigenvalue weighted by Crippen LogP contribution is -1.95. The van der Waals surface area contributed by atoms with Gasteiger partial charge in [0, 0.05) is 7.14 Å². The second kappa shape index (κ2) is 11.2. The molecule has 9 aromatic carbocycles. The number of rotatable bonds is 4. The zero-order valence-electron chi connectivity index (χ0n) is 24.8. The van der Waals surface area contributed by atoms with Crippen molar-refractivity contribution in [3.05, 3.63) is 165 Å². The minimum absolute atomic E-state index is 1.22. The summed E-state index contributed by atoms with van der Waals surface area (Å²) >= 11 is 5.06.